The molecule has 0 aliphatic carbocycles. The summed E-state index contributed by atoms with van der Waals surface area (Å²) >= 11 is 0. The number of hydrogen-bond donors (Lipinski definition) is 2. The molecular formula is C18H23N5O. The molecule has 0 aliphatic heterocycles. The zero-order valence-electron chi connectivity index (χ0n) is 14.2. The Balaban J connectivity index is 1.67. The van der Waals surface area contributed by atoms with Crippen LogP contribution < -0.4 is 10.1 Å². The summed E-state index contributed by atoms with van der Waals surface area (Å²) in [6.07, 6.45) is 5.67. The van der Waals surface area contributed by atoms with Gasteiger partial charge in [0.05, 0.1) is 25.0 Å². The standard InChI is InChI=1S/C18H23N5O/c1-13(14(2)23-10-4-9-21-23)19-11-16-12-20-22-18(16)15-5-7-17(24-3)8-6-15/h4-10,12-14,19H,11H2,1-3H3,(H,20,22)/t13-,14+/m1/s1. The Labute approximate surface area is 141 Å². The van der Waals surface area contributed by atoms with E-state index in [4.69, 9.17) is 4.74 Å². The van der Waals surface area contributed by atoms with Crippen LogP contribution >= 0.6 is 0 Å². The van der Waals surface area contributed by atoms with Gasteiger partial charge in [-0.15, -0.1) is 0 Å². The highest BCUT2D eigenvalue weighted by molar-refractivity contribution is 5.63. The van der Waals surface area contributed by atoms with Gasteiger partial charge in [0.15, 0.2) is 0 Å². The van der Waals surface area contributed by atoms with Gasteiger partial charge in [0.1, 0.15) is 5.75 Å². The lowest BCUT2D eigenvalue weighted by atomic mass is 10.1. The molecule has 0 bridgehead atoms. The molecule has 3 aromatic rings. The third-order valence-electron chi connectivity index (χ3n) is 4.38. The molecule has 0 amide bonds. The monoisotopic (exact) mass is 325 g/mol. The van der Waals surface area contributed by atoms with Gasteiger partial charge in [-0.05, 0) is 44.2 Å². The van der Waals surface area contributed by atoms with Gasteiger partial charge in [-0.1, -0.05) is 0 Å². The third-order valence-corrected chi connectivity index (χ3v) is 4.38. The molecule has 0 saturated heterocycles. The molecule has 6 heteroatoms. The van der Waals surface area contributed by atoms with E-state index in [1.54, 1.807) is 13.3 Å². The Morgan fingerprint density at radius 1 is 1.25 bits per heavy atom. The second kappa shape index (κ2) is 7.31. The molecule has 0 aliphatic rings. The van der Waals surface area contributed by atoms with Crippen LogP contribution in [0.4, 0.5) is 0 Å². The smallest absolute Gasteiger partial charge is 0.118 e. The first-order chi connectivity index (χ1) is 11.7. The van der Waals surface area contributed by atoms with E-state index in [1.807, 2.05) is 47.4 Å². The summed E-state index contributed by atoms with van der Waals surface area (Å²) in [4.78, 5) is 0. The van der Waals surface area contributed by atoms with Crippen LogP contribution in [0.2, 0.25) is 0 Å². The molecule has 2 heterocycles. The summed E-state index contributed by atoms with van der Waals surface area (Å²) in [7, 11) is 1.67. The highest BCUT2D eigenvalue weighted by Gasteiger charge is 2.15. The largest absolute Gasteiger partial charge is 0.497 e. The van der Waals surface area contributed by atoms with Crippen LogP contribution in [0.15, 0.2) is 48.9 Å². The Morgan fingerprint density at radius 2 is 2.04 bits per heavy atom. The molecule has 0 unspecified atom stereocenters. The van der Waals surface area contributed by atoms with Gasteiger partial charge >= 0.3 is 0 Å². The first kappa shape index (κ1) is 16.3. The fourth-order valence-electron chi connectivity index (χ4n) is 2.64. The van der Waals surface area contributed by atoms with Crippen LogP contribution in [0.5, 0.6) is 5.75 Å². The Bertz CT molecular complexity index is 748. The van der Waals surface area contributed by atoms with E-state index in [0.29, 0.717) is 0 Å². The van der Waals surface area contributed by atoms with Crippen LogP contribution in [0, 0.1) is 0 Å². The number of nitrogens with zero attached hydrogens (tertiary/aromatic N) is 3. The minimum Gasteiger partial charge on any atom is -0.497 e. The summed E-state index contributed by atoms with van der Waals surface area (Å²) in [5, 5.41) is 15.2. The maximum absolute atomic E-state index is 5.21. The van der Waals surface area contributed by atoms with Gasteiger partial charge in [-0.25, -0.2) is 0 Å². The number of H-pyrrole nitrogens is 1. The Morgan fingerprint density at radius 3 is 2.71 bits per heavy atom. The van der Waals surface area contributed by atoms with Crippen molar-refractivity contribution in [2.24, 2.45) is 0 Å². The molecule has 24 heavy (non-hydrogen) atoms. The van der Waals surface area contributed by atoms with E-state index in [-0.39, 0.29) is 12.1 Å². The second-order valence-corrected chi connectivity index (χ2v) is 5.89. The van der Waals surface area contributed by atoms with E-state index in [0.717, 1.165) is 29.1 Å². The number of ether oxygens (including phenoxy) is 1. The first-order valence-corrected chi connectivity index (χ1v) is 8.08. The molecule has 0 fully saturated rings. The van der Waals surface area contributed by atoms with Gasteiger partial charge in [0.2, 0.25) is 0 Å². The highest BCUT2D eigenvalue weighted by atomic mass is 16.5. The number of aromatic nitrogens is 4. The van der Waals surface area contributed by atoms with Crippen molar-refractivity contribution in [2.75, 3.05) is 7.11 Å². The van der Waals surface area contributed by atoms with Crippen molar-refractivity contribution < 1.29 is 4.74 Å². The molecule has 6 nitrogen and oxygen atoms in total. The molecule has 2 atom stereocenters. The van der Waals surface area contributed by atoms with Crippen LogP contribution in [0.25, 0.3) is 11.3 Å². The zero-order chi connectivity index (χ0) is 16.9. The second-order valence-electron chi connectivity index (χ2n) is 5.89. The van der Waals surface area contributed by atoms with Crippen molar-refractivity contribution >= 4 is 0 Å². The number of rotatable bonds is 7. The lowest BCUT2D eigenvalue weighted by Gasteiger charge is -2.21. The average Bonchev–Trinajstić information content (AvgIpc) is 3.30. The Kier molecular flexibility index (Phi) is 4.96. The molecule has 0 spiro atoms. The van der Waals surface area contributed by atoms with Crippen molar-refractivity contribution in [3.05, 3.63) is 54.5 Å². The molecule has 3 rings (SSSR count). The molecule has 1 aromatic carbocycles. The topological polar surface area (TPSA) is 67.8 Å². The maximum Gasteiger partial charge on any atom is 0.118 e. The normalized spacial score (nSPS) is 13.6. The van der Waals surface area contributed by atoms with Gasteiger partial charge in [0.25, 0.3) is 0 Å². The summed E-state index contributed by atoms with van der Waals surface area (Å²) in [6, 6.07) is 10.5. The summed E-state index contributed by atoms with van der Waals surface area (Å²) in [5.74, 6) is 0.847. The predicted octanol–water partition coefficient (Wildman–Crippen LogP) is 3.02. The quantitative estimate of drug-likeness (QED) is 0.701. The number of nitrogens with one attached hydrogen (secondary N) is 2. The van der Waals surface area contributed by atoms with Crippen LogP contribution in [0.1, 0.15) is 25.5 Å². The molecule has 126 valence electrons. The minimum absolute atomic E-state index is 0.274. The van der Waals surface area contributed by atoms with E-state index < -0.39 is 0 Å². The molecule has 2 aromatic heterocycles. The zero-order valence-corrected chi connectivity index (χ0v) is 14.2. The first-order valence-electron chi connectivity index (χ1n) is 8.08. The molecule has 2 N–H and O–H groups in total. The van der Waals surface area contributed by atoms with Crippen LogP contribution in [-0.4, -0.2) is 33.1 Å². The molecule has 0 saturated carbocycles. The van der Waals surface area contributed by atoms with Crippen molar-refractivity contribution in [2.45, 2.75) is 32.5 Å². The number of aromatic amines is 1. The van der Waals surface area contributed by atoms with Gasteiger partial charge in [0, 0.05) is 36.1 Å². The van der Waals surface area contributed by atoms with Crippen LogP contribution in [-0.2, 0) is 6.54 Å². The van der Waals surface area contributed by atoms with E-state index in [1.165, 1.54) is 0 Å². The SMILES string of the molecule is COc1ccc(-c2[nH]ncc2CN[C@H](C)[C@H](C)n2cccn2)cc1. The predicted molar refractivity (Wildman–Crippen MR) is 93.8 cm³/mol. The van der Waals surface area contributed by atoms with Crippen molar-refractivity contribution in [3.63, 3.8) is 0 Å². The minimum atomic E-state index is 0.274. The summed E-state index contributed by atoms with van der Waals surface area (Å²) < 4.78 is 7.18. The van der Waals surface area contributed by atoms with Crippen molar-refractivity contribution in [3.8, 4) is 17.0 Å². The number of hydrogen-bond acceptors (Lipinski definition) is 4. The fourth-order valence-corrected chi connectivity index (χ4v) is 2.64. The summed E-state index contributed by atoms with van der Waals surface area (Å²) in [5.41, 5.74) is 3.27. The fraction of sp³-hybridized carbons (Fsp3) is 0.333. The average molecular weight is 325 g/mol. The Hall–Kier alpha value is -2.60. The van der Waals surface area contributed by atoms with Gasteiger partial charge in [-0.3, -0.25) is 9.78 Å². The summed E-state index contributed by atoms with van der Waals surface area (Å²) in [6.45, 7) is 5.06. The molecular weight excluding hydrogens is 302 g/mol. The number of benzene rings is 1. The third kappa shape index (κ3) is 3.49. The van der Waals surface area contributed by atoms with Gasteiger partial charge < -0.3 is 10.1 Å². The van der Waals surface area contributed by atoms with Gasteiger partial charge in [-0.2, -0.15) is 10.2 Å². The highest BCUT2D eigenvalue weighted by Crippen LogP contribution is 2.24. The van der Waals surface area contributed by atoms with E-state index in [9.17, 15) is 0 Å². The van der Waals surface area contributed by atoms with E-state index in [2.05, 4.69) is 34.5 Å². The lowest BCUT2D eigenvalue weighted by Crippen LogP contribution is -2.33. The van der Waals surface area contributed by atoms with E-state index >= 15 is 0 Å². The number of methoxy groups -OCH3 is 1. The van der Waals surface area contributed by atoms with Crippen molar-refractivity contribution in [1.82, 2.24) is 25.3 Å². The van der Waals surface area contributed by atoms with Crippen molar-refractivity contribution in [1.29, 1.82) is 0 Å². The molecule has 0 radical (unpaired) electrons. The lowest BCUT2D eigenvalue weighted by molar-refractivity contribution is 0.365. The maximum atomic E-state index is 5.21. The van der Waals surface area contributed by atoms with Crippen LogP contribution in [0.3, 0.4) is 0 Å².